The molecule has 0 atom stereocenters. The van der Waals surface area contributed by atoms with Crippen molar-refractivity contribution in [2.24, 2.45) is 0 Å². The Kier molecular flexibility index (Phi) is 5.03. The van der Waals surface area contributed by atoms with Crippen LogP contribution < -0.4 is 5.32 Å². The molecule has 1 heterocycles. The molecule has 0 aliphatic rings. The van der Waals surface area contributed by atoms with E-state index in [1.807, 2.05) is 63.3 Å². The fourth-order valence-corrected chi connectivity index (χ4v) is 2.08. The van der Waals surface area contributed by atoms with Crippen molar-refractivity contribution in [3.8, 4) is 0 Å². The van der Waals surface area contributed by atoms with Crippen molar-refractivity contribution >= 4 is 34.7 Å². The second-order valence-corrected chi connectivity index (χ2v) is 6.20. The standard InChI is InChI=1S/C17H19ClN2O2/c1-17(2,3)22-16(21)19-10-6-8-13-11-12-7-4-5-9-14(12)20-15(13)18/h4-9,11H,10H2,1-3H3,(H,19,21). The molecule has 1 aromatic heterocycles. The third kappa shape index (κ3) is 4.74. The molecule has 1 N–H and O–H groups in total. The predicted octanol–water partition coefficient (Wildman–Crippen LogP) is 4.43. The number of carbonyl (C=O) groups excluding carboxylic acids is 1. The van der Waals surface area contributed by atoms with Gasteiger partial charge in [-0.1, -0.05) is 42.0 Å². The minimum absolute atomic E-state index is 0.359. The van der Waals surface area contributed by atoms with Gasteiger partial charge in [-0.2, -0.15) is 0 Å². The van der Waals surface area contributed by atoms with Crippen molar-refractivity contribution in [2.75, 3.05) is 6.54 Å². The van der Waals surface area contributed by atoms with Crippen LogP contribution in [0, 0.1) is 0 Å². The van der Waals surface area contributed by atoms with Gasteiger partial charge in [0, 0.05) is 17.5 Å². The fraction of sp³-hybridized carbons (Fsp3) is 0.294. The number of aromatic nitrogens is 1. The number of pyridine rings is 1. The van der Waals surface area contributed by atoms with Crippen LogP contribution in [0.3, 0.4) is 0 Å². The quantitative estimate of drug-likeness (QED) is 0.852. The number of hydrogen-bond acceptors (Lipinski definition) is 3. The molecule has 22 heavy (non-hydrogen) atoms. The van der Waals surface area contributed by atoms with Crippen LogP contribution in [0.15, 0.2) is 36.4 Å². The number of para-hydroxylation sites is 1. The van der Waals surface area contributed by atoms with Crippen LogP contribution in [-0.2, 0) is 4.74 Å². The largest absolute Gasteiger partial charge is 0.444 e. The Labute approximate surface area is 135 Å². The Morgan fingerprint density at radius 1 is 1.36 bits per heavy atom. The van der Waals surface area contributed by atoms with Gasteiger partial charge in [0.2, 0.25) is 0 Å². The van der Waals surface area contributed by atoms with Crippen LogP contribution in [0.5, 0.6) is 0 Å². The van der Waals surface area contributed by atoms with Crippen molar-refractivity contribution < 1.29 is 9.53 Å². The number of nitrogens with one attached hydrogen (secondary N) is 1. The van der Waals surface area contributed by atoms with Crippen molar-refractivity contribution in [1.82, 2.24) is 10.3 Å². The molecule has 5 heteroatoms. The smallest absolute Gasteiger partial charge is 0.407 e. The van der Waals surface area contributed by atoms with Gasteiger partial charge in [-0.15, -0.1) is 0 Å². The Morgan fingerprint density at radius 2 is 2.09 bits per heavy atom. The maximum atomic E-state index is 11.5. The van der Waals surface area contributed by atoms with E-state index in [-0.39, 0.29) is 0 Å². The summed E-state index contributed by atoms with van der Waals surface area (Å²) in [5.41, 5.74) is 1.17. The van der Waals surface area contributed by atoms with E-state index in [0.717, 1.165) is 16.5 Å². The third-order valence-electron chi connectivity index (χ3n) is 2.77. The number of hydrogen-bond donors (Lipinski definition) is 1. The lowest BCUT2D eigenvalue weighted by molar-refractivity contribution is 0.0534. The summed E-state index contributed by atoms with van der Waals surface area (Å²) in [7, 11) is 0. The summed E-state index contributed by atoms with van der Waals surface area (Å²) in [5, 5.41) is 4.11. The van der Waals surface area contributed by atoms with Gasteiger partial charge >= 0.3 is 6.09 Å². The highest BCUT2D eigenvalue weighted by Gasteiger charge is 2.14. The predicted molar refractivity (Wildman–Crippen MR) is 90.0 cm³/mol. The zero-order chi connectivity index (χ0) is 16.2. The molecule has 0 aliphatic carbocycles. The normalized spacial score (nSPS) is 11.8. The first-order valence-corrected chi connectivity index (χ1v) is 7.42. The van der Waals surface area contributed by atoms with E-state index in [4.69, 9.17) is 16.3 Å². The molecule has 0 fully saturated rings. The molecule has 0 saturated heterocycles. The number of amides is 1. The van der Waals surface area contributed by atoms with Crippen LogP contribution in [0.2, 0.25) is 5.15 Å². The van der Waals surface area contributed by atoms with Crippen molar-refractivity contribution in [3.05, 3.63) is 47.1 Å². The Morgan fingerprint density at radius 3 is 2.82 bits per heavy atom. The molecule has 4 nitrogen and oxygen atoms in total. The van der Waals surface area contributed by atoms with Gasteiger partial charge in [-0.05, 0) is 32.9 Å². The molecule has 0 aliphatic heterocycles. The van der Waals surface area contributed by atoms with Gasteiger partial charge in [-0.25, -0.2) is 9.78 Å². The molecule has 2 rings (SSSR count). The lowest BCUT2D eigenvalue weighted by Gasteiger charge is -2.19. The summed E-state index contributed by atoms with van der Waals surface area (Å²) in [6.07, 6.45) is 3.20. The molecule has 0 unspecified atom stereocenters. The second kappa shape index (κ2) is 6.79. The minimum Gasteiger partial charge on any atom is -0.444 e. The molecular weight excluding hydrogens is 300 g/mol. The van der Waals surface area contributed by atoms with Gasteiger partial charge in [0.05, 0.1) is 5.52 Å². The molecule has 0 bridgehead atoms. The van der Waals surface area contributed by atoms with Crippen LogP contribution in [0.25, 0.3) is 17.0 Å². The van der Waals surface area contributed by atoms with E-state index in [1.165, 1.54) is 0 Å². The van der Waals surface area contributed by atoms with E-state index in [9.17, 15) is 4.79 Å². The van der Waals surface area contributed by atoms with E-state index < -0.39 is 11.7 Å². The highest BCUT2D eigenvalue weighted by Crippen LogP contribution is 2.21. The summed E-state index contributed by atoms with van der Waals surface area (Å²) < 4.78 is 5.15. The highest BCUT2D eigenvalue weighted by atomic mass is 35.5. The lowest BCUT2D eigenvalue weighted by atomic mass is 10.1. The number of ether oxygens (including phenoxy) is 1. The van der Waals surface area contributed by atoms with Crippen molar-refractivity contribution in [3.63, 3.8) is 0 Å². The van der Waals surface area contributed by atoms with Crippen LogP contribution in [0.4, 0.5) is 4.79 Å². The average Bonchev–Trinajstić information content (AvgIpc) is 2.42. The number of nitrogens with zero attached hydrogens (tertiary/aromatic N) is 1. The van der Waals surface area contributed by atoms with Gasteiger partial charge in [0.1, 0.15) is 10.8 Å². The molecule has 1 amide bonds. The van der Waals surface area contributed by atoms with E-state index in [2.05, 4.69) is 10.3 Å². The van der Waals surface area contributed by atoms with Crippen molar-refractivity contribution in [1.29, 1.82) is 0 Å². The van der Waals surface area contributed by atoms with E-state index in [1.54, 1.807) is 0 Å². The zero-order valence-electron chi connectivity index (χ0n) is 12.9. The number of rotatable bonds is 3. The molecule has 0 spiro atoms. The number of carbonyl (C=O) groups is 1. The maximum absolute atomic E-state index is 11.5. The molecular formula is C17H19ClN2O2. The van der Waals surface area contributed by atoms with Crippen molar-refractivity contribution in [2.45, 2.75) is 26.4 Å². The monoisotopic (exact) mass is 318 g/mol. The maximum Gasteiger partial charge on any atom is 0.407 e. The number of fused-ring (bicyclic) bond motifs is 1. The summed E-state index contributed by atoms with van der Waals surface area (Å²) in [6, 6.07) is 9.74. The highest BCUT2D eigenvalue weighted by molar-refractivity contribution is 6.31. The Hall–Kier alpha value is -2.07. The van der Waals surface area contributed by atoms with Crippen LogP contribution in [-0.4, -0.2) is 23.2 Å². The summed E-state index contributed by atoms with van der Waals surface area (Å²) >= 11 is 6.16. The van der Waals surface area contributed by atoms with Gasteiger partial charge < -0.3 is 10.1 Å². The topological polar surface area (TPSA) is 51.2 Å². The number of alkyl carbamates (subject to hydrolysis) is 1. The van der Waals surface area contributed by atoms with Gasteiger partial charge in [-0.3, -0.25) is 0 Å². The van der Waals surface area contributed by atoms with Gasteiger partial charge in [0.15, 0.2) is 0 Å². The van der Waals surface area contributed by atoms with E-state index in [0.29, 0.717) is 11.7 Å². The first-order valence-electron chi connectivity index (χ1n) is 7.04. The van der Waals surface area contributed by atoms with Crippen LogP contribution in [0.1, 0.15) is 26.3 Å². The molecule has 0 saturated carbocycles. The number of benzene rings is 1. The Bertz CT molecular complexity index is 705. The molecule has 2 aromatic rings. The van der Waals surface area contributed by atoms with Gasteiger partial charge in [0.25, 0.3) is 0 Å². The SMILES string of the molecule is CC(C)(C)OC(=O)NCC=Cc1cc2ccccc2nc1Cl. The first kappa shape index (κ1) is 16.3. The van der Waals surface area contributed by atoms with E-state index >= 15 is 0 Å². The molecule has 1 aromatic carbocycles. The van der Waals surface area contributed by atoms with Crippen LogP contribution >= 0.6 is 11.6 Å². The zero-order valence-corrected chi connectivity index (χ0v) is 13.6. The summed E-state index contributed by atoms with van der Waals surface area (Å²) in [4.78, 5) is 15.8. The number of halogens is 1. The summed E-state index contributed by atoms with van der Waals surface area (Å²) in [6.45, 7) is 5.83. The lowest BCUT2D eigenvalue weighted by Crippen LogP contribution is -2.32. The second-order valence-electron chi connectivity index (χ2n) is 5.85. The molecule has 0 radical (unpaired) electrons. The fourth-order valence-electron chi connectivity index (χ4n) is 1.87. The first-order chi connectivity index (χ1) is 10.3. The minimum atomic E-state index is -0.501. The average molecular weight is 319 g/mol. The third-order valence-corrected chi connectivity index (χ3v) is 3.07. The Balaban J connectivity index is 1.99. The summed E-state index contributed by atoms with van der Waals surface area (Å²) in [5.74, 6) is 0. The molecule has 116 valence electrons.